The molecule has 1 atom stereocenters. The minimum absolute atomic E-state index is 0.255. The van der Waals surface area contributed by atoms with Crippen molar-refractivity contribution < 1.29 is 9.53 Å². The Morgan fingerprint density at radius 2 is 2.06 bits per heavy atom. The summed E-state index contributed by atoms with van der Waals surface area (Å²) in [6, 6.07) is 9.76. The summed E-state index contributed by atoms with van der Waals surface area (Å²) in [7, 11) is 0. The van der Waals surface area contributed by atoms with Crippen molar-refractivity contribution in [3.8, 4) is 0 Å². The van der Waals surface area contributed by atoms with Crippen LogP contribution in [0.4, 0.5) is 0 Å². The van der Waals surface area contributed by atoms with Crippen LogP contribution in [0.3, 0.4) is 0 Å². The van der Waals surface area contributed by atoms with Gasteiger partial charge in [0.05, 0.1) is 0 Å². The van der Waals surface area contributed by atoms with Crippen LogP contribution in [0.5, 0.6) is 0 Å². The molecule has 0 saturated carbocycles. The van der Waals surface area contributed by atoms with E-state index in [1.165, 1.54) is 6.92 Å². The summed E-state index contributed by atoms with van der Waals surface area (Å²) in [4.78, 5) is 11.0. The molecule has 16 heavy (non-hydrogen) atoms. The van der Waals surface area contributed by atoms with E-state index in [-0.39, 0.29) is 12.1 Å². The largest absolute Gasteiger partial charge is 0.453 e. The number of allylic oxidation sites excluding steroid dienone is 1. The SMILES string of the molecule is CCC/C=C/C(OC(C)=O)c1ccccc1. The van der Waals surface area contributed by atoms with Gasteiger partial charge in [-0.3, -0.25) is 4.79 Å². The van der Waals surface area contributed by atoms with Gasteiger partial charge in [0.25, 0.3) is 0 Å². The molecule has 1 rings (SSSR count). The van der Waals surface area contributed by atoms with Crippen molar-refractivity contribution in [2.75, 3.05) is 0 Å². The van der Waals surface area contributed by atoms with E-state index in [1.54, 1.807) is 0 Å². The summed E-state index contributed by atoms with van der Waals surface area (Å²) in [5, 5.41) is 0. The second-order valence-corrected chi connectivity index (χ2v) is 3.66. The molecule has 1 aromatic rings. The maximum Gasteiger partial charge on any atom is 0.303 e. The Balaban J connectivity index is 2.75. The first-order valence-electron chi connectivity index (χ1n) is 5.63. The van der Waals surface area contributed by atoms with Crippen molar-refractivity contribution in [1.29, 1.82) is 0 Å². The fourth-order valence-electron chi connectivity index (χ4n) is 1.43. The van der Waals surface area contributed by atoms with Gasteiger partial charge >= 0.3 is 5.97 Å². The minimum Gasteiger partial charge on any atom is -0.453 e. The Labute approximate surface area is 96.9 Å². The maximum atomic E-state index is 11.0. The van der Waals surface area contributed by atoms with Crippen molar-refractivity contribution in [3.63, 3.8) is 0 Å². The fourth-order valence-corrected chi connectivity index (χ4v) is 1.43. The highest BCUT2D eigenvalue weighted by Crippen LogP contribution is 2.19. The molecule has 0 aliphatic rings. The predicted molar refractivity (Wildman–Crippen MR) is 65.0 cm³/mol. The lowest BCUT2D eigenvalue weighted by Gasteiger charge is -2.13. The molecule has 0 heterocycles. The lowest BCUT2D eigenvalue weighted by Crippen LogP contribution is -2.05. The van der Waals surface area contributed by atoms with E-state index in [4.69, 9.17) is 4.74 Å². The van der Waals surface area contributed by atoms with Gasteiger partial charge in [-0.2, -0.15) is 0 Å². The lowest BCUT2D eigenvalue weighted by atomic mass is 10.1. The molecule has 0 aliphatic carbocycles. The second-order valence-electron chi connectivity index (χ2n) is 3.66. The maximum absolute atomic E-state index is 11.0. The van der Waals surface area contributed by atoms with Gasteiger partial charge in [0.15, 0.2) is 0 Å². The van der Waals surface area contributed by atoms with Gasteiger partial charge in [0, 0.05) is 6.92 Å². The normalized spacial score (nSPS) is 12.6. The highest BCUT2D eigenvalue weighted by Gasteiger charge is 2.09. The van der Waals surface area contributed by atoms with Gasteiger partial charge in [0.2, 0.25) is 0 Å². The van der Waals surface area contributed by atoms with Gasteiger partial charge in [-0.05, 0) is 18.1 Å². The molecular formula is C14H18O2. The van der Waals surface area contributed by atoms with E-state index < -0.39 is 0 Å². The third-order valence-electron chi connectivity index (χ3n) is 2.19. The first-order chi connectivity index (χ1) is 7.74. The summed E-state index contributed by atoms with van der Waals surface area (Å²) >= 11 is 0. The van der Waals surface area contributed by atoms with Crippen molar-refractivity contribution in [2.24, 2.45) is 0 Å². The zero-order valence-electron chi connectivity index (χ0n) is 9.85. The van der Waals surface area contributed by atoms with E-state index in [9.17, 15) is 4.79 Å². The molecule has 0 spiro atoms. The number of ether oxygens (including phenoxy) is 1. The van der Waals surface area contributed by atoms with E-state index >= 15 is 0 Å². The van der Waals surface area contributed by atoms with E-state index in [2.05, 4.69) is 13.0 Å². The first kappa shape index (κ1) is 12.5. The van der Waals surface area contributed by atoms with Gasteiger partial charge in [-0.1, -0.05) is 49.8 Å². The van der Waals surface area contributed by atoms with Crippen LogP contribution in [-0.4, -0.2) is 5.97 Å². The van der Waals surface area contributed by atoms with E-state index in [1.807, 2.05) is 36.4 Å². The lowest BCUT2D eigenvalue weighted by molar-refractivity contribution is -0.144. The van der Waals surface area contributed by atoms with Crippen LogP contribution < -0.4 is 0 Å². The molecule has 0 amide bonds. The van der Waals surface area contributed by atoms with Crippen LogP contribution in [0, 0.1) is 0 Å². The van der Waals surface area contributed by atoms with Gasteiger partial charge < -0.3 is 4.74 Å². The highest BCUT2D eigenvalue weighted by atomic mass is 16.5. The molecule has 1 aromatic carbocycles. The summed E-state index contributed by atoms with van der Waals surface area (Å²) in [5.41, 5.74) is 1.00. The molecule has 0 fully saturated rings. The summed E-state index contributed by atoms with van der Waals surface area (Å²) < 4.78 is 5.26. The highest BCUT2D eigenvalue weighted by molar-refractivity contribution is 5.66. The van der Waals surface area contributed by atoms with Crippen LogP contribution in [0.2, 0.25) is 0 Å². The number of unbranched alkanes of at least 4 members (excludes halogenated alkanes) is 1. The molecule has 0 aromatic heterocycles. The third-order valence-corrected chi connectivity index (χ3v) is 2.19. The average molecular weight is 218 g/mol. The number of rotatable bonds is 5. The van der Waals surface area contributed by atoms with Crippen molar-refractivity contribution >= 4 is 5.97 Å². The smallest absolute Gasteiger partial charge is 0.303 e. The Hall–Kier alpha value is -1.57. The number of hydrogen-bond donors (Lipinski definition) is 0. The molecule has 0 N–H and O–H groups in total. The molecule has 2 heteroatoms. The van der Waals surface area contributed by atoms with Crippen molar-refractivity contribution in [2.45, 2.75) is 32.8 Å². The Morgan fingerprint density at radius 3 is 2.62 bits per heavy atom. The van der Waals surface area contributed by atoms with Crippen molar-refractivity contribution in [1.82, 2.24) is 0 Å². The molecule has 86 valence electrons. The molecule has 0 saturated heterocycles. The van der Waals surface area contributed by atoms with Crippen LogP contribution in [0.15, 0.2) is 42.5 Å². The standard InChI is InChI=1S/C14H18O2/c1-3-4-6-11-14(16-12(2)15)13-9-7-5-8-10-13/h5-11,14H,3-4H2,1-2H3/b11-6+. The van der Waals surface area contributed by atoms with Gasteiger partial charge in [-0.25, -0.2) is 0 Å². The summed E-state index contributed by atoms with van der Waals surface area (Å²) in [6.45, 7) is 3.55. The number of carbonyl (C=O) groups is 1. The molecule has 1 unspecified atom stereocenters. The summed E-state index contributed by atoms with van der Waals surface area (Å²) in [5.74, 6) is -0.255. The Bertz CT molecular complexity index is 341. The van der Waals surface area contributed by atoms with Gasteiger partial charge in [0.1, 0.15) is 6.10 Å². The molecule has 0 bridgehead atoms. The fraction of sp³-hybridized carbons (Fsp3) is 0.357. The second kappa shape index (κ2) is 6.83. The van der Waals surface area contributed by atoms with Gasteiger partial charge in [-0.15, -0.1) is 0 Å². The molecule has 2 nitrogen and oxygen atoms in total. The summed E-state index contributed by atoms with van der Waals surface area (Å²) in [6.07, 6.45) is 5.84. The van der Waals surface area contributed by atoms with Crippen LogP contribution in [0.1, 0.15) is 38.4 Å². The zero-order valence-corrected chi connectivity index (χ0v) is 9.85. The quantitative estimate of drug-likeness (QED) is 0.557. The number of hydrogen-bond acceptors (Lipinski definition) is 2. The Kier molecular flexibility index (Phi) is 5.34. The number of esters is 1. The van der Waals surface area contributed by atoms with E-state index in [0.717, 1.165) is 18.4 Å². The monoisotopic (exact) mass is 218 g/mol. The predicted octanol–water partition coefficient (Wildman–Crippen LogP) is 3.65. The van der Waals surface area contributed by atoms with Crippen LogP contribution >= 0.6 is 0 Å². The van der Waals surface area contributed by atoms with Crippen LogP contribution in [0.25, 0.3) is 0 Å². The van der Waals surface area contributed by atoms with E-state index in [0.29, 0.717) is 0 Å². The first-order valence-corrected chi connectivity index (χ1v) is 5.63. The average Bonchev–Trinajstić information content (AvgIpc) is 2.29. The minimum atomic E-state index is -0.259. The Morgan fingerprint density at radius 1 is 1.38 bits per heavy atom. The third kappa shape index (κ3) is 4.30. The molecular weight excluding hydrogens is 200 g/mol. The molecule has 0 radical (unpaired) electrons. The zero-order chi connectivity index (χ0) is 11.8. The topological polar surface area (TPSA) is 26.3 Å². The van der Waals surface area contributed by atoms with Crippen LogP contribution in [-0.2, 0) is 9.53 Å². The van der Waals surface area contributed by atoms with Crippen molar-refractivity contribution in [3.05, 3.63) is 48.0 Å². The number of carbonyl (C=O) groups excluding carboxylic acids is 1. The number of benzene rings is 1. The molecule has 0 aliphatic heterocycles.